The Labute approximate surface area is 187 Å². The lowest BCUT2D eigenvalue weighted by Gasteiger charge is -2.34. The zero-order valence-electron chi connectivity index (χ0n) is 18.3. The van der Waals surface area contributed by atoms with E-state index in [-0.39, 0.29) is 30.8 Å². The Balaban J connectivity index is 0.00000320. The molecule has 2 aliphatic rings. The minimum absolute atomic E-state index is 0. The van der Waals surface area contributed by atoms with Crippen molar-refractivity contribution < 1.29 is 14.7 Å². The van der Waals surface area contributed by atoms with Gasteiger partial charge in [-0.15, -0.1) is 12.4 Å². The van der Waals surface area contributed by atoms with Gasteiger partial charge in [-0.2, -0.15) is 0 Å². The van der Waals surface area contributed by atoms with E-state index in [4.69, 9.17) is 5.11 Å². The summed E-state index contributed by atoms with van der Waals surface area (Å²) in [4.78, 5) is 25.9. The molecule has 0 bridgehead atoms. The second-order valence-corrected chi connectivity index (χ2v) is 9.15. The van der Waals surface area contributed by atoms with Crippen molar-refractivity contribution >= 4 is 24.3 Å². The molecule has 5 nitrogen and oxygen atoms in total. The molecular formula is C24H37ClN2O3. The lowest BCUT2D eigenvalue weighted by Crippen LogP contribution is -2.38. The van der Waals surface area contributed by atoms with Gasteiger partial charge in [-0.3, -0.25) is 9.59 Å². The van der Waals surface area contributed by atoms with Gasteiger partial charge < -0.3 is 15.3 Å². The molecule has 1 saturated heterocycles. The number of likely N-dealkylation sites (tertiary alicyclic amines) is 1. The Morgan fingerprint density at radius 2 is 1.63 bits per heavy atom. The van der Waals surface area contributed by atoms with Gasteiger partial charge in [0.25, 0.3) is 5.91 Å². The van der Waals surface area contributed by atoms with Crippen molar-refractivity contribution in [3.8, 4) is 0 Å². The van der Waals surface area contributed by atoms with Crippen molar-refractivity contribution in [2.45, 2.75) is 83.2 Å². The maximum Gasteiger partial charge on any atom is 0.303 e. The van der Waals surface area contributed by atoms with Crippen LogP contribution in [0.15, 0.2) is 24.3 Å². The molecule has 6 heteroatoms. The number of rotatable bonds is 7. The summed E-state index contributed by atoms with van der Waals surface area (Å²) in [7, 11) is 0. The van der Waals surface area contributed by atoms with Gasteiger partial charge in [0.1, 0.15) is 0 Å². The number of carboxylic acids is 1. The Morgan fingerprint density at radius 1 is 1.03 bits per heavy atom. The highest BCUT2D eigenvalue weighted by Crippen LogP contribution is 2.30. The standard InChI is InChI=1S/C24H36N2O3.ClH/c1-17(2)26-15-13-20(14-16-26)19-6-8-21(9-7-19)24(29)25-22-10-3-18(4-11-22)5-12-23(27)28;/h6-9,17-18,20,22H,3-5,10-16H2,1-2H3,(H,25,29)(H,27,28);1H/t18-,22-;. The van der Waals surface area contributed by atoms with Gasteiger partial charge in [0.15, 0.2) is 0 Å². The van der Waals surface area contributed by atoms with Gasteiger partial charge in [0.2, 0.25) is 0 Å². The fourth-order valence-corrected chi connectivity index (χ4v) is 4.85. The first kappa shape index (κ1) is 24.7. The maximum absolute atomic E-state index is 12.6. The number of carbonyl (C=O) groups excluding carboxylic acids is 1. The van der Waals surface area contributed by atoms with E-state index >= 15 is 0 Å². The molecule has 1 aliphatic carbocycles. The number of amides is 1. The molecule has 1 heterocycles. The topological polar surface area (TPSA) is 69.6 Å². The van der Waals surface area contributed by atoms with Gasteiger partial charge in [-0.25, -0.2) is 0 Å². The average Bonchev–Trinajstić information content (AvgIpc) is 2.73. The number of hydrogen-bond donors (Lipinski definition) is 2. The largest absolute Gasteiger partial charge is 0.481 e. The summed E-state index contributed by atoms with van der Waals surface area (Å²) < 4.78 is 0. The smallest absolute Gasteiger partial charge is 0.303 e. The number of nitrogens with zero attached hydrogens (tertiary/aromatic N) is 1. The maximum atomic E-state index is 12.6. The summed E-state index contributed by atoms with van der Waals surface area (Å²) >= 11 is 0. The SMILES string of the molecule is CC(C)N1CCC(c2ccc(C(=O)N[C@H]3CC[C@H](CCC(=O)O)CC3)cc2)CC1.Cl. The van der Waals surface area contributed by atoms with E-state index in [1.807, 2.05) is 12.1 Å². The number of piperidine rings is 1. The summed E-state index contributed by atoms with van der Waals surface area (Å²) in [6, 6.07) is 9.04. The predicted octanol–water partition coefficient (Wildman–Crippen LogP) is 4.85. The molecule has 2 fully saturated rings. The summed E-state index contributed by atoms with van der Waals surface area (Å²) in [5.41, 5.74) is 2.09. The van der Waals surface area contributed by atoms with Crippen LogP contribution >= 0.6 is 12.4 Å². The second-order valence-electron chi connectivity index (χ2n) is 9.15. The number of nitrogens with one attached hydrogen (secondary N) is 1. The van der Waals surface area contributed by atoms with Crippen molar-refractivity contribution in [2.24, 2.45) is 5.92 Å². The van der Waals surface area contributed by atoms with E-state index in [0.717, 1.165) is 50.8 Å². The molecule has 2 N–H and O–H groups in total. The molecular weight excluding hydrogens is 400 g/mol. The molecule has 0 radical (unpaired) electrons. The summed E-state index contributed by atoms with van der Waals surface area (Å²) in [5.74, 6) is 0.387. The van der Waals surface area contributed by atoms with Crippen LogP contribution in [0.1, 0.15) is 87.1 Å². The number of carboxylic acid groups (broad SMARTS) is 1. The number of carbonyl (C=O) groups is 2. The van der Waals surface area contributed by atoms with Gasteiger partial charge in [0.05, 0.1) is 0 Å². The van der Waals surface area contributed by atoms with Gasteiger partial charge >= 0.3 is 5.97 Å². The molecule has 0 unspecified atom stereocenters. The first-order valence-corrected chi connectivity index (χ1v) is 11.3. The Morgan fingerprint density at radius 3 is 2.17 bits per heavy atom. The van der Waals surface area contributed by atoms with Gasteiger partial charge in [-0.1, -0.05) is 12.1 Å². The fourth-order valence-electron chi connectivity index (χ4n) is 4.85. The molecule has 0 atom stereocenters. The lowest BCUT2D eigenvalue weighted by atomic mass is 9.83. The molecule has 1 aromatic carbocycles. The van der Waals surface area contributed by atoms with Crippen molar-refractivity contribution in [3.05, 3.63) is 35.4 Å². The molecule has 1 saturated carbocycles. The monoisotopic (exact) mass is 436 g/mol. The third kappa shape index (κ3) is 6.98. The average molecular weight is 437 g/mol. The molecule has 3 rings (SSSR count). The van der Waals surface area contributed by atoms with E-state index in [9.17, 15) is 9.59 Å². The van der Waals surface area contributed by atoms with Crippen molar-refractivity contribution in [3.63, 3.8) is 0 Å². The molecule has 0 aromatic heterocycles. The number of benzene rings is 1. The van der Waals surface area contributed by atoms with Crippen LogP contribution in [-0.2, 0) is 4.79 Å². The van der Waals surface area contributed by atoms with Crippen LogP contribution in [0.3, 0.4) is 0 Å². The van der Waals surface area contributed by atoms with Crippen LogP contribution in [-0.4, -0.2) is 47.1 Å². The third-order valence-electron chi connectivity index (χ3n) is 6.85. The Kier molecular flexibility index (Phi) is 9.63. The number of aliphatic carboxylic acids is 1. The molecule has 1 amide bonds. The number of halogens is 1. The summed E-state index contributed by atoms with van der Waals surface area (Å²) in [6.07, 6.45) is 7.30. The summed E-state index contributed by atoms with van der Waals surface area (Å²) in [5, 5.41) is 12.0. The van der Waals surface area contributed by atoms with E-state index in [1.165, 1.54) is 18.4 Å². The zero-order valence-corrected chi connectivity index (χ0v) is 19.1. The van der Waals surface area contributed by atoms with Crippen LogP contribution in [0.5, 0.6) is 0 Å². The highest BCUT2D eigenvalue weighted by Gasteiger charge is 2.24. The fraction of sp³-hybridized carbons (Fsp3) is 0.667. The van der Waals surface area contributed by atoms with Crippen LogP contribution in [0.25, 0.3) is 0 Å². The van der Waals surface area contributed by atoms with Gasteiger partial charge in [0, 0.05) is 24.1 Å². The lowest BCUT2D eigenvalue weighted by molar-refractivity contribution is -0.137. The second kappa shape index (κ2) is 11.7. The molecule has 0 spiro atoms. The minimum Gasteiger partial charge on any atom is -0.481 e. The van der Waals surface area contributed by atoms with Crippen molar-refractivity contribution in [1.29, 1.82) is 0 Å². The highest BCUT2D eigenvalue weighted by atomic mass is 35.5. The molecule has 30 heavy (non-hydrogen) atoms. The van der Waals surface area contributed by atoms with E-state index < -0.39 is 5.97 Å². The van der Waals surface area contributed by atoms with Crippen LogP contribution in [0.2, 0.25) is 0 Å². The predicted molar refractivity (Wildman–Crippen MR) is 122 cm³/mol. The zero-order chi connectivity index (χ0) is 20.8. The first-order chi connectivity index (χ1) is 13.9. The van der Waals surface area contributed by atoms with E-state index in [1.54, 1.807) is 0 Å². The van der Waals surface area contributed by atoms with Crippen molar-refractivity contribution in [1.82, 2.24) is 10.2 Å². The van der Waals surface area contributed by atoms with Crippen LogP contribution < -0.4 is 5.32 Å². The van der Waals surface area contributed by atoms with Crippen LogP contribution in [0.4, 0.5) is 0 Å². The van der Waals surface area contributed by atoms with E-state index in [0.29, 0.717) is 17.9 Å². The number of hydrogen-bond acceptors (Lipinski definition) is 3. The Hall–Kier alpha value is -1.59. The highest BCUT2D eigenvalue weighted by molar-refractivity contribution is 5.94. The summed E-state index contributed by atoms with van der Waals surface area (Å²) in [6.45, 7) is 6.83. The Bertz CT molecular complexity index is 676. The molecule has 1 aromatic rings. The van der Waals surface area contributed by atoms with Crippen molar-refractivity contribution in [2.75, 3.05) is 13.1 Å². The minimum atomic E-state index is -0.714. The van der Waals surface area contributed by atoms with Gasteiger partial charge in [-0.05, 0) is 101 Å². The molecule has 1 aliphatic heterocycles. The van der Waals surface area contributed by atoms with E-state index in [2.05, 4.69) is 36.2 Å². The molecule has 168 valence electrons. The third-order valence-corrected chi connectivity index (χ3v) is 6.85. The van der Waals surface area contributed by atoms with Crippen LogP contribution in [0, 0.1) is 5.92 Å². The quantitative estimate of drug-likeness (QED) is 0.641. The first-order valence-electron chi connectivity index (χ1n) is 11.3. The normalized spacial score (nSPS) is 23.0.